The largest absolute Gasteiger partial charge is 0.268 e. The summed E-state index contributed by atoms with van der Waals surface area (Å²) < 4.78 is 3.37. The van der Waals surface area contributed by atoms with Crippen molar-refractivity contribution >= 4 is 17.5 Å². The van der Waals surface area contributed by atoms with Gasteiger partial charge in [0.2, 0.25) is 5.78 Å². The summed E-state index contributed by atoms with van der Waals surface area (Å²) in [5, 5.41) is 5.24. The second-order valence-corrected chi connectivity index (χ2v) is 8.62. The highest BCUT2D eigenvalue weighted by Gasteiger charge is 2.38. The molecule has 1 aliphatic rings. The number of hydrogen-bond acceptors (Lipinski definition) is 4. The predicted octanol–water partition coefficient (Wildman–Crippen LogP) is 3.99. The molecule has 4 rings (SSSR count). The summed E-state index contributed by atoms with van der Waals surface area (Å²) in [6, 6.07) is 8.28. The molecule has 6 heteroatoms. The molecule has 27 heavy (non-hydrogen) atoms. The lowest BCUT2D eigenvalue weighted by Gasteiger charge is -2.34. The lowest BCUT2D eigenvalue weighted by molar-refractivity contribution is 0.439. The summed E-state index contributed by atoms with van der Waals surface area (Å²) in [4.78, 5) is 18.6. The first-order valence-corrected chi connectivity index (χ1v) is 10.2. The zero-order valence-electron chi connectivity index (χ0n) is 16.2. The summed E-state index contributed by atoms with van der Waals surface area (Å²) in [6.07, 6.45) is 1.73. The molecule has 0 amide bonds. The van der Waals surface area contributed by atoms with Crippen molar-refractivity contribution in [3.63, 3.8) is 0 Å². The van der Waals surface area contributed by atoms with E-state index in [4.69, 9.17) is 4.98 Å². The second kappa shape index (κ2) is 6.37. The Bertz CT molecular complexity index is 1130. The maximum absolute atomic E-state index is 13.7. The van der Waals surface area contributed by atoms with Crippen molar-refractivity contribution in [2.24, 2.45) is 7.05 Å². The first-order chi connectivity index (χ1) is 12.9. The van der Waals surface area contributed by atoms with Gasteiger partial charge in [-0.1, -0.05) is 62.0 Å². The zero-order valence-corrected chi connectivity index (χ0v) is 17.1. The third kappa shape index (κ3) is 2.74. The molecule has 1 aromatic carbocycles. The van der Waals surface area contributed by atoms with Crippen molar-refractivity contribution in [2.45, 2.75) is 44.2 Å². The molecule has 0 saturated heterocycles. The van der Waals surface area contributed by atoms with Gasteiger partial charge in [-0.25, -0.2) is 14.1 Å². The summed E-state index contributed by atoms with van der Waals surface area (Å²) in [5.74, 6) is 1.31. The average Bonchev–Trinajstić information content (AvgIpc) is 2.96. The zero-order chi connectivity index (χ0) is 19.3. The van der Waals surface area contributed by atoms with E-state index in [1.807, 2.05) is 20.0 Å². The minimum absolute atomic E-state index is 0.00571. The molecule has 3 aromatic rings. The molecule has 0 spiro atoms. The van der Waals surface area contributed by atoms with E-state index in [1.165, 1.54) is 17.3 Å². The second-order valence-electron chi connectivity index (χ2n) is 7.68. The van der Waals surface area contributed by atoms with Crippen LogP contribution in [0.2, 0.25) is 0 Å². The van der Waals surface area contributed by atoms with E-state index in [9.17, 15) is 4.79 Å². The van der Waals surface area contributed by atoms with E-state index >= 15 is 0 Å². The van der Waals surface area contributed by atoms with Gasteiger partial charge in [0.1, 0.15) is 0 Å². The van der Waals surface area contributed by atoms with E-state index < -0.39 is 0 Å². The Morgan fingerprint density at radius 1 is 1.37 bits per heavy atom. The number of benzene rings is 1. The lowest BCUT2D eigenvalue weighted by Crippen LogP contribution is -2.37. The van der Waals surface area contributed by atoms with Crippen LogP contribution in [0.1, 0.15) is 38.3 Å². The summed E-state index contributed by atoms with van der Waals surface area (Å²) in [5.41, 5.74) is 4.76. The number of hydrogen-bond donors (Lipinski definition) is 0. The van der Waals surface area contributed by atoms with Gasteiger partial charge in [-0.05, 0) is 25.3 Å². The van der Waals surface area contributed by atoms with Crippen LogP contribution in [0.5, 0.6) is 0 Å². The van der Waals surface area contributed by atoms with Gasteiger partial charge < -0.3 is 0 Å². The molecule has 0 N–H and O–H groups in total. The quantitative estimate of drug-likeness (QED) is 0.507. The van der Waals surface area contributed by atoms with Crippen molar-refractivity contribution < 1.29 is 0 Å². The Kier molecular flexibility index (Phi) is 4.26. The third-order valence-corrected chi connectivity index (χ3v) is 6.63. The standard InChI is InChI=1S/C21H24N4OS/c1-6-21(4)11-14-9-7-8-10-15(14)17-16(21)18(26)25-19(22-17)24(5)23-20(25)27-12-13(2)3/h7-10H,2,6,11-12H2,1,3-5H3/t21-/m0/s1. The highest BCUT2D eigenvalue weighted by molar-refractivity contribution is 7.99. The van der Waals surface area contributed by atoms with Crippen LogP contribution in [0.25, 0.3) is 17.0 Å². The van der Waals surface area contributed by atoms with Crippen LogP contribution in [-0.4, -0.2) is 24.9 Å². The van der Waals surface area contributed by atoms with Gasteiger partial charge in [0.05, 0.1) is 11.3 Å². The number of thioether (sulfide) groups is 1. The fraction of sp³-hybridized carbons (Fsp3) is 0.381. The summed E-state index contributed by atoms with van der Waals surface area (Å²) in [7, 11) is 1.84. The van der Waals surface area contributed by atoms with Crippen LogP contribution in [0.3, 0.4) is 0 Å². The van der Waals surface area contributed by atoms with Crippen molar-refractivity contribution in [1.82, 2.24) is 19.2 Å². The molecular weight excluding hydrogens is 356 g/mol. The molecule has 0 bridgehead atoms. The van der Waals surface area contributed by atoms with Crippen LogP contribution >= 0.6 is 11.8 Å². The van der Waals surface area contributed by atoms with Crippen LogP contribution in [0.15, 0.2) is 46.4 Å². The number of rotatable bonds is 4. The smallest absolute Gasteiger partial charge is 0.265 e. The Balaban J connectivity index is 2.06. The molecule has 0 unspecified atom stereocenters. The molecular formula is C21H24N4OS. The van der Waals surface area contributed by atoms with Crippen molar-refractivity contribution in [3.05, 3.63) is 57.9 Å². The number of fused-ring (bicyclic) bond motifs is 4. The first-order valence-electron chi connectivity index (χ1n) is 9.21. The third-order valence-electron chi connectivity index (χ3n) is 5.47. The summed E-state index contributed by atoms with van der Waals surface area (Å²) in [6.45, 7) is 10.3. The van der Waals surface area contributed by atoms with E-state index in [0.29, 0.717) is 10.9 Å². The molecule has 140 valence electrons. The SMILES string of the molecule is C=C(C)CSc1nn(C)c2nc3c(c(=O)n12)[C@@](C)(CC)Cc1ccccc1-3. The van der Waals surface area contributed by atoms with Gasteiger partial charge in [-0.2, -0.15) is 0 Å². The molecule has 1 aliphatic carbocycles. The van der Waals surface area contributed by atoms with Gasteiger partial charge in [-0.3, -0.25) is 4.79 Å². The van der Waals surface area contributed by atoms with Gasteiger partial charge in [0.15, 0.2) is 5.16 Å². The Labute approximate surface area is 163 Å². The van der Waals surface area contributed by atoms with Crippen LogP contribution in [0, 0.1) is 0 Å². The average molecular weight is 381 g/mol. The molecule has 0 radical (unpaired) electrons. The lowest BCUT2D eigenvalue weighted by atomic mass is 9.69. The maximum Gasteiger partial charge on any atom is 0.265 e. The van der Waals surface area contributed by atoms with Crippen molar-refractivity contribution in [2.75, 3.05) is 5.75 Å². The Morgan fingerprint density at radius 2 is 2.11 bits per heavy atom. The molecule has 0 aliphatic heterocycles. The fourth-order valence-electron chi connectivity index (χ4n) is 3.85. The van der Waals surface area contributed by atoms with E-state index in [-0.39, 0.29) is 11.0 Å². The van der Waals surface area contributed by atoms with E-state index in [1.54, 1.807) is 9.08 Å². The van der Waals surface area contributed by atoms with Crippen molar-refractivity contribution in [3.8, 4) is 11.3 Å². The molecule has 0 fully saturated rings. The Morgan fingerprint density at radius 3 is 2.81 bits per heavy atom. The maximum atomic E-state index is 13.7. The Hall–Kier alpha value is -2.34. The van der Waals surface area contributed by atoms with Crippen molar-refractivity contribution in [1.29, 1.82) is 0 Å². The van der Waals surface area contributed by atoms with Gasteiger partial charge in [-0.15, -0.1) is 5.10 Å². The molecule has 1 atom stereocenters. The van der Waals surface area contributed by atoms with Gasteiger partial charge >= 0.3 is 0 Å². The number of aryl methyl sites for hydroxylation is 1. The predicted molar refractivity (Wildman–Crippen MR) is 111 cm³/mol. The molecule has 2 aromatic heterocycles. The van der Waals surface area contributed by atoms with E-state index in [2.05, 4.69) is 43.7 Å². The highest BCUT2D eigenvalue weighted by atomic mass is 32.2. The molecule has 2 heterocycles. The summed E-state index contributed by atoms with van der Waals surface area (Å²) >= 11 is 1.53. The highest BCUT2D eigenvalue weighted by Crippen LogP contribution is 2.42. The normalized spacial score (nSPS) is 18.4. The van der Waals surface area contributed by atoms with Crippen LogP contribution < -0.4 is 5.56 Å². The minimum atomic E-state index is -0.235. The monoisotopic (exact) mass is 380 g/mol. The number of aromatic nitrogens is 4. The van der Waals surface area contributed by atoms with Crippen LogP contribution in [0.4, 0.5) is 0 Å². The fourth-order valence-corrected chi connectivity index (χ4v) is 4.70. The van der Waals surface area contributed by atoms with Gasteiger partial charge in [0, 0.05) is 23.8 Å². The van der Waals surface area contributed by atoms with Gasteiger partial charge in [0.25, 0.3) is 5.56 Å². The molecule has 5 nitrogen and oxygen atoms in total. The van der Waals surface area contributed by atoms with E-state index in [0.717, 1.165) is 41.0 Å². The van der Waals surface area contributed by atoms with Crippen LogP contribution in [-0.2, 0) is 18.9 Å². The minimum Gasteiger partial charge on any atom is -0.268 e. The topological polar surface area (TPSA) is 52.2 Å². The first kappa shape index (κ1) is 18.0. The molecule has 0 saturated carbocycles. The number of nitrogens with zero attached hydrogens (tertiary/aromatic N) is 4.